The lowest BCUT2D eigenvalue weighted by molar-refractivity contribution is 0.0953. The maximum Gasteiger partial charge on any atom is 0.256 e. The molecule has 0 saturated carbocycles. The number of rotatable bonds is 8. The Morgan fingerprint density at radius 2 is 1.65 bits per heavy atom. The van der Waals surface area contributed by atoms with Gasteiger partial charge in [-0.1, -0.05) is 66.2 Å². The molecule has 1 aliphatic rings. The number of pyridine rings is 1. The largest absolute Gasteiger partial charge is 0.353 e. The second-order valence-electron chi connectivity index (χ2n) is 9.37. The Kier molecular flexibility index (Phi) is 7.81. The molecule has 1 N–H and O–H groups in total. The van der Waals surface area contributed by atoms with Crippen LogP contribution in [-0.4, -0.2) is 58.5 Å². The molecular formula is C30H32N6O. The van der Waals surface area contributed by atoms with Gasteiger partial charge in [0.25, 0.3) is 5.91 Å². The highest BCUT2D eigenvalue weighted by molar-refractivity contribution is 5.99. The molecule has 3 heterocycles. The predicted octanol–water partition coefficient (Wildman–Crippen LogP) is 4.14. The minimum absolute atomic E-state index is 0.159. The number of benzene rings is 2. The minimum atomic E-state index is -0.159. The highest BCUT2D eigenvalue weighted by atomic mass is 16.1. The number of piperazine rings is 1. The van der Waals surface area contributed by atoms with Crippen molar-refractivity contribution in [3.05, 3.63) is 108 Å². The second kappa shape index (κ2) is 11.8. The molecule has 2 aromatic carbocycles. The van der Waals surface area contributed by atoms with Gasteiger partial charge in [0.05, 0.1) is 0 Å². The van der Waals surface area contributed by atoms with Crippen molar-refractivity contribution in [1.29, 1.82) is 0 Å². The molecule has 0 unspecified atom stereocenters. The standard InChI is InChI=1S/C30H32N6O/c1-23-10-12-25(13-11-23)28-33-21-27(30(37)32-16-14-26-9-5-6-15-31-26)29(34-28)36-19-17-35(18-20-36)22-24-7-3-2-4-8-24/h2-13,15,21H,14,16-20,22H2,1H3,(H,32,37). The summed E-state index contributed by atoms with van der Waals surface area (Å²) in [5, 5.41) is 3.04. The minimum Gasteiger partial charge on any atom is -0.353 e. The zero-order valence-corrected chi connectivity index (χ0v) is 21.2. The number of aryl methyl sites for hydroxylation is 1. The Morgan fingerprint density at radius 1 is 0.892 bits per heavy atom. The molecule has 0 bridgehead atoms. The zero-order chi connectivity index (χ0) is 25.5. The van der Waals surface area contributed by atoms with Gasteiger partial charge in [0.15, 0.2) is 5.82 Å². The van der Waals surface area contributed by atoms with E-state index in [4.69, 9.17) is 4.98 Å². The Bertz CT molecular complexity index is 1300. The van der Waals surface area contributed by atoms with E-state index in [-0.39, 0.29) is 5.91 Å². The van der Waals surface area contributed by atoms with Crippen LogP contribution in [0.5, 0.6) is 0 Å². The fourth-order valence-electron chi connectivity index (χ4n) is 4.52. The van der Waals surface area contributed by atoms with E-state index in [0.29, 0.717) is 30.2 Å². The highest BCUT2D eigenvalue weighted by Gasteiger charge is 2.24. The Balaban J connectivity index is 1.33. The number of nitrogens with zero attached hydrogens (tertiary/aromatic N) is 5. The van der Waals surface area contributed by atoms with Gasteiger partial charge in [0.2, 0.25) is 0 Å². The number of nitrogens with one attached hydrogen (secondary N) is 1. The fraction of sp³-hybridized carbons (Fsp3) is 0.267. The van der Waals surface area contributed by atoms with Crippen molar-refractivity contribution in [2.75, 3.05) is 37.6 Å². The molecule has 5 rings (SSSR count). The van der Waals surface area contributed by atoms with E-state index in [1.807, 2.05) is 36.4 Å². The first-order valence-corrected chi connectivity index (χ1v) is 12.8. The average molecular weight is 493 g/mol. The summed E-state index contributed by atoms with van der Waals surface area (Å²) in [5.41, 5.74) is 4.89. The molecule has 0 spiro atoms. The summed E-state index contributed by atoms with van der Waals surface area (Å²) in [6.45, 7) is 6.88. The van der Waals surface area contributed by atoms with Crippen molar-refractivity contribution in [2.45, 2.75) is 19.9 Å². The van der Waals surface area contributed by atoms with E-state index in [9.17, 15) is 4.79 Å². The van der Waals surface area contributed by atoms with Crippen LogP contribution in [0.3, 0.4) is 0 Å². The molecule has 4 aromatic rings. The summed E-state index contributed by atoms with van der Waals surface area (Å²) in [7, 11) is 0. The maximum atomic E-state index is 13.2. The monoisotopic (exact) mass is 492 g/mol. The lowest BCUT2D eigenvalue weighted by Gasteiger charge is -2.36. The fourth-order valence-corrected chi connectivity index (χ4v) is 4.52. The van der Waals surface area contributed by atoms with Crippen LogP contribution in [-0.2, 0) is 13.0 Å². The van der Waals surface area contributed by atoms with Crippen LogP contribution in [0.15, 0.2) is 85.2 Å². The summed E-state index contributed by atoms with van der Waals surface area (Å²) in [5.74, 6) is 1.17. The van der Waals surface area contributed by atoms with Crippen LogP contribution in [0, 0.1) is 6.92 Å². The third-order valence-corrected chi connectivity index (χ3v) is 6.64. The molecule has 1 fully saturated rings. The van der Waals surface area contributed by atoms with Gasteiger partial charge in [0.1, 0.15) is 11.4 Å². The van der Waals surface area contributed by atoms with Gasteiger partial charge >= 0.3 is 0 Å². The maximum absolute atomic E-state index is 13.2. The molecular weight excluding hydrogens is 460 g/mol. The van der Waals surface area contributed by atoms with Gasteiger partial charge < -0.3 is 10.2 Å². The van der Waals surface area contributed by atoms with Gasteiger partial charge in [-0.15, -0.1) is 0 Å². The average Bonchev–Trinajstić information content (AvgIpc) is 2.95. The summed E-state index contributed by atoms with van der Waals surface area (Å²) >= 11 is 0. The number of carbonyl (C=O) groups is 1. The first-order chi connectivity index (χ1) is 18.2. The summed E-state index contributed by atoms with van der Waals surface area (Å²) in [6.07, 6.45) is 4.11. The predicted molar refractivity (Wildman–Crippen MR) is 146 cm³/mol. The lowest BCUT2D eigenvalue weighted by atomic mass is 10.1. The molecule has 0 aliphatic carbocycles. The summed E-state index contributed by atoms with van der Waals surface area (Å²) in [6, 6.07) is 24.5. The van der Waals surface area contributed by atoms with Crippen LogP contribution < -0.4 is 10.2 Å². The smallest absolute Gasteiger partial charge is 0.256 e. The summed E-state index contributed by atoms with van der Waals surface area (Å²) < 4.78 is 0. The van der Waals surface area contributed by atoms with Gasteiger partial charge in [-0.3, -0.25) is 14.7 Å². The number of carbonyl (C=O) groups excluding carboxylic acids is 1. The second-order valence-corrected chi connectivity index (χ2v) is 9.37. The van der Waals surface area contributed by atoms with E-state index in [1.165, 1.54) is 11.1 Å². The Morgan fingerprint density at radius 3 is 2.38 bits per heavy atom. The highest BCUT2D eigenvalue weighted by Crippen LogP contribution is 2.24. The molecule has 7 heteroatoms. The van der Waals surface area contributed by atoms with Crippen molar-refractivity contribution in [3.63, 3.8) is 0 Å². The lowest BCUT2D eigenvalue weighted by Crippen LogP contribution is -2.47. The first kappa shape index (κ1) is 24.6. The van der Waals surface area contributed by atoms with Gasteiger partial charge in [-0.25, -0.2) is 9.97 Å². The molecule has 188 valence electrons. The van der Waals surface area contributed by atoms with Crippen LogP contribution in [0.4, 0.5) is 5.82 Å². The van der Waals surface area contributed by atoms with E-state index < -0.39 is 0 Å². The van der Waals surface area contributed by atoms with Crippen LogP contribution in [0.25, 0.3) is 11.4 Å². The number of anilines is 1. The van der Waals surface area contributed by atoms with Crippen molar-refractivity contribution >= 4 is 11.7 Å². The molecule has 7 nitrogen and oxygen atoms in total. The van der Waals surface area contributed by atoms with E-state index in [0.717, 1.165) is 44.0 Å². The van der Waals surface area contributed by atoms with Crippen LogP contribution in [0.2, 0.25) is 0 Å². The quantitative estimate of drug-likeness (QED) is 0.399. The van der Waals surface area contributed by atoms with Crippen molar-refractivity contribution < 1.29 is 4.79 Å². The number of hydrogen-bond donors (Lipinski definition) is 1. The number of hydrogen-bond acceptors (Lipinski definition) is 6. The van der Waals surface area contributed by atoms with E-state index in [1.54, 1.807) is 12.4 Å². The van der Waals surface area contributed by atoms with Crippen molar-refractivity contribution in [2.24, 2.45) is 0 Å². The molecule has 1 amide bonds. The van der Waals surface area contributed by atoms with Crippen molar-refractivity contribution in [3.8, 4) is 11.4 Å². The molecule has 0 radical (unpaired) electrons. The van der Waals surface area contributed by atoms with E-state index >= 15 is 0 Å². The molecule has 0 atom stereocenters. The van der Waals surface area contributed by atoms with Crippen molar-refractivity contribution in [1.82, 2.24) is 25.2 Å². The molecule has 2 aromatic heterocycles. The zero-order valence-electron chi connectivity index (χ0n) is 21.2. The number of amides is 1. The molecule has 1 aliphatic heterocycles. The normalized spacial score (nSPS) is 13.9. The van der Waals surface area contributed by atoms with Gasteiger partial charge in [-0.05, 0) is 24.6 Å². The van der Waals surface area contributed by atoms with Gasteiger partial charge in [-0.2, -0.15) is 0 Å². The number of aromatic nitrogens is 3. The van der Waals surface area contributed by atoms with E-state index in [2.05, 4.69) is 68.4 Å². The van der Waals surface area contributed by atoms with Gasteiger partial charge in [0, 0.05) is 69.3 Å². The molecule has 1 saturated heterocycles. The molecule has 37 heavy (non-hydrogen) atoms. The third kappa shape index (κ3) is 6.37. The third-order valence-electron chi connectivity index (χ3n) is 6.64. The van der Waals surface area contributed by atoms with Crippen LogP contribution in [0.1, 0.15) is 27.2 Å². The van der Waals surface area contributed by atoms with Crippen LogP contribution >= 0.6 is 0 Å². The SMILES string of the molecule is Cc1ccc(-c2ncc(C(=O)NCCc3ccccn3)c(N3CCN(Cc4ccccc4)CC3)n2)cc1. The first-order valence-electron chi connectivity index (χ1n) is 12.8. The summed E-state index contributed by atoms with van der Waals surface area (Å²) in [4.78, 5) is 31.7. The Hall–Kier alpha value is -4.10. The Labute approximate surface area is 218 Å². The topological polar surface area (TPSA) is 74.2 Å².